The molecule has 0 amide bonds. The first-order chi connectivity index (χ1) is 14.0. The Morgan fingerprint density at radius 3 is 2.59 bits per heavy atom. The van der Waals surface area contributed by atoms with Crippen LogP contribution in [0, 0.1) is 17.0 Å². The predicted molar refractivity (Wildman–Crippen MR) is 107 cm³/mol. The van der Waals surface area contributed by atoms with Gasteiger partial charge in [0.25, 0.3) is 5.69 Å². The number of fused-ring (bicyclic) bond motifs is 1. The van der Waals surface area contributed by atoms with Gasteiger partial charge in [-0.05, 0) is 25.1 Å². The topological polar surface area (TPSA) is 116 Å². The van der Waals surface area contributed by atoms with Crippen LogP contribution in [-0.4, -0.2) is 41.1 Å². The highest BCUT2D eigenvalue weighted by atomic mass is 16.6. The van der Waals surface area contributed by atoms with Crippen molar-refractivity contribution in [2.24, 2.45) is 0 Å². The van der Waals surface area contributed by atoms with E-state index >= 15 is 0 Å². The Morgan fingerprint density at radius 2 is 1.90 bits per heavy atom. The van der Waals surface area contributed by atoms with Gasteiger partial charge < -0.3 is 14.8 Å². The van der Waals surface area contributed by atoms with Crippen molar-refractivity contribution in [3.63, 3.8) is 0 Å². The highest BCUT2D eigenvalue weighted by Gasteiger charge is 2.19. The molecule has 1 aromatic heterocycles. The summed E-state index contributed by atoms with van der Waals surface area (Å²) in [5.41, 5.74) is 2.92. The van der Waals surface area contributed by atoms with Gasteiger partial charge in [0.1, 0.15) is 6.61 Å². The molecule has 2 aromatic carbocycles. The molecule has 0 bridgehead atoms. The van der Waals surface area contributed by atoms with Crippen molar-refractivity contribution >= 4 is 28.4 Å². The first-order valence-electron chi connectivity index (χ1n) is 8.90. The van der Waals surface area contributed by atoms with Gasteiger partial charge >= 0.3 is 5.97 Å². The molecule has 9 nitrogen and oxygen atoms in total. The number of nitro benzene ring substituents is 1. The Hall–Kier alpha value is -3.59. The lowest BCUT2D eigenvalue weighted by Gasteiger charge is -2.12. The smallest absolute Gasteiger partial charge is 0.340 e. The van der Waals surface area contributed by atoms with Crippen molar-refractivity contribution in [3.05, 3.63) is 69.5 Å². The summed E-state index contributed by atoms with van der Waals surface area (Å²) in [4.78, 5) is 32.1. The summed E-state index contributed by atoms with van der Waals surface area (Å²) in [6.07, 6.45) is 0. The van der Waals surface area contributed by atoms with Crippen LogP contribution >= 0.6 is 0 Å². The third-order valence-corrected chi connectivity index (χ3v) is 4.24. The lowest BCUT2D eigenvalue weighted by molar-refractivity contribution is -0.384. The highest BCUT2D eigenvalue weighted by molar-refractivity contribution is 5.96. The third-order valence-electron chi connectivity index (χ3n) is 4.24. The number of ether oxygens (including phenoxy) is 2. The Morgan fingerprint density at radius 1 is 1.17 bits per heavy atom. The van der Waals surface area contributed by atoms with E-state index in [-0.39, 0.29) is 17.9 Å². The van der Waals surface area contributed by atoms with Crippen molar-refractivity contribution in [3.8, 4) is 0 Å². The molecule has 0 aliphatic carbocycles. The average Bonchev–Trinajstić information content (AvgIpc) is 2.72. The van der Waals surface area contributed by atoms with Gasteiger partial charge in [0.2, 0.25) is 0 Å². The molecule has 1 heterocycles. The molecular formula is C20H20N4O5. The van der Waals surface area contributed by atoms with E-state index < -0.39 is 10.9 Å². The number of hydrogen-bond donors (Lipinski definition) is 1. The number of carbonyl (C=O) groups is 1. The molecule has 0 unspecified atom stereocenters. The van der Waals surface area contributed by atoms with Crippen molar-refractivity contribution in [2.75, 3.05) is 25.6 Å². The number of nitrogens with one attached hydrogen (secondary N) is 1. The molecule has 0 saturated carbocycles. The minimum absolute atomic E-state index is 0.0710. The van der Waals surface area contributed by atoms with Gasteiger partial charge in [-0.15, -0.1) is 0 Å². The van der Waals surface area contributed by atoms with E-state index in [4.69, 9.17) is 9.47 Å². The van der Waals surface area contributed by atoms with Gasteiger partial charge in [-0.1, -0.05) is 12.1 Å². The fraction of sp³-hybridized carbons (Fsp3) is 0.250. The normalized spacial score (nSPS) is 10.7. The van der Waals surface area contributed by atoms with Gasteiger partial charge in [0, 0.05) is 31.5 Å². The van der Waals surface area contributed by atoms with Crippen LogP contribution in [0.3, 0.4) is 0 Å². The second kappa shape index (κ2) is 9.07. The van der Waals surface area contributed by atoms with Gasteiger partial charge in [-0.25, -0.2) is 14.8 Å². The van der Waals surface area contributed by atoms with Crippen molar-refractivity contribution < 1.29 is 19.2 Å². The third kappa shape index (κ3) is 4.82. The van der Waals surface area contributed by atoms with Crippen LogP contribution in [0.15, 0.2) is 42.5 Å². The molecule has 150 valence electrons. The molecule has 3 aromatic rings. The molecule has 29 heavy (non-hydrogen) atoms. The molecule has 0 atom stereocenters. The summed E-state index contributed by atoms with van der Waals surface area (Å²) in [5.74, 6) is -0.692. The molecule has 1 N–H and O–H groups in total. The zero-order valence-electron chi connectivity index (χ0n) is 16.0. The Bertz CT molecular complexity index is 1050. The predicted octanol–water partition coefficient (Wildman–Crippen LogP) is 3.26. The molecule has 0 fully saturated rings. The number of anilines is 1. The van der Waals surface area contributed by atoms with Crippen LogP contribution in [0.1, 0.15) is 21.7 Å². The fourth-order valence-corrected chi connectivity index (χ4v) is 2.73. The minimum Gasteiger partial charge on any atom is -0.455 e. The second-order valence-electron chi connectivity index (χ2n) is 6.23. The van der Waals surface area contributed by atoms with Crippen LogP contribution < -0.4 is 5.32 Å². The molecule has 0 spiro atoms. The number of aryl methyl sites for hydroxylation is 1. The number of rotatable bonds is 8. The maximum absolute atomic E-state index is 12.7. The molecule has 3 rings (SSSR count). The van der Waals surface area contributed by atoms with Crippen LogP contribution in [0.5, 0.6) is 0 Å². The van der Waals surface area contributed by atoms with Crippen LogP contribution in [0.25, 0.3) is 11.0 Å². The Balaban J connectivity index is 1.81. The molecule has 0 radical (unpaired) electrons. The highest BCUT2D eigenvalue weighted by Crippen LogP contribution is 2.23. The molecule has 0 saturated heterocycles. The van der Waals surface area contributed by atoms with Crippen LogP contribution in [0.4, 0.5) is 11.4 Å². The summed E-state index contributed by atoms with van der Waals surface area (Å²) in [6, 6.07) is 11.4. The van der Waals surface area contributed by atoms with E-state index in [1.807, 2.05) is 24.3 Å². The lowest BCUT2D eigenvalue weighted by atomic mass is 10.1. The Labute approximate surface area is 166 Å². The monoisotopic (exact) mass is 396 g/mol. The van der Waals surface area contributed by atoms with E-state index in [2.05, 4.69) is 15.3 Å². The second-order valence-corrected chi connectivity index (χ2v) is 6.23. The fourth-order valence-electron chi connectivity index (χ4n) is 2.73. The first kappa shape index (κ1) is 20.2. The number of aromatic nitrogens is 2. The zero-order chi connectivity index (χ0) is 20.8. The average molecular weight is 396 g/mol. The standard InChI is InChI=1S/C20H20N4O5/c1-13-19(23-18-6-4-3-5-17(18)22-13)12-29-20(25)15-11-14(24(26)27)7-8-16(15)21-9-10-28-2/h3-8,11,21H,9-10,12H2,1-2H3. The van der Waals surface area contributed by atoms with Crippen LogP contribution in [0.2, 0.25) is 0 Å². The minimum atomic E-state index is -0.692. The number of nitro groups is 1. The van der Waals surface area contributed by atoms with E-state index in [1.54, 1.807) is 14.0 Å². The van der Waals surface area contributed by atoms with Gasteiger partial charge in [0.15, 0.2) is 0 Å². The summed E-state index contributed by atoms with van der Waals surface area (Å²) in [6.45, 7) is 2.54. The van der Waals surface area contributed by atoms with Crippen molar-refractivity contribution in [2.45, 2.75) is 13.5 Å². The molecule has 0 aliphatic heterocycles. The number of hydrogen-bond acceptors (Lipinski definition) is 8. The number of methoxy groups -OCH3 is 1. The van der Waals surface area contributed by atoms with E-state index in [1.165, 1.54) is 18.2 Å². The number of carbonyl (C=O) groups excluding carboxylic acids is 1. The lowest BCUT2D eigenvalue weighted by Crippen LogP contribution is -2.14. The van der Waals surface area contributed by atoms with Gasteiger partial charge in [-0.3, -0.25) is 10.1 Å². The number of esters is 1. The summed E-state index contributed by atoms with van der Waals surface area (Å²) < 4.78 is 10.4. The molecule has 9 heteroatoms. The summed E-state index contributed by atoms with van der Waals surface area (Å²) in [7, 11) is 1.56. The number of nitrogens with zero attached hydrogens (tertiary/aromatic N) is 3. The van der Waals surface area contributed by atoms with E-state index in [9.17, 15) is 14.9 Å². The quantitative estimate of drug-likeness (QED) is 0.267. The number of para-hydroxylation sites is 2. The van der Waals surface area contributed by atoms with E-state index in [0.29, 0.717) is 35.7 Å². The van der Waals surface area contributed by atoms with Gasteiger partial charge in [-0.2, -0.15) is 0 Å². The van der Waals surface area contributed by atoms with Crippen molar-refractivity contribution in [1.82, 2.24) is 9.97 Å². The van der Waals surface area contributed by atoms with Gasteiger partial charge in [0.05, 0.1) is 39.5 Å². The summed E-state index contributed by atoms with van der Waals surface area (Å²) in [5, 5.41) is 14.1. The molecule has 0 aliphatic rings. The largest absolute Gasteiger partial charge is 0.455 e. The first-order valence-corrected chi connectivity index (χ1v) is 8.90. The molecular weight excluding hydrogens is 376 g/mol. The van der Waals surface area contributed by atoms with Crippen LogP contribution in [-0.2, 0) is 16.1 Å². The van der Waals surface area contributed by atoms with Crippen molar-refractivity contribution in [1.29, 1.82) is 0 Å². The SMILES string of the molecule is COCCNc1ccc([N+](=O)[O-])cc1C(=O)OCc1nc2ccccc2nc1C. The summed E-state index contributed by atoms with van der Waals surface area (Å²) >= 11 is 0. The zero-order valence-corrected chi connectivity index (χ0v) is 16.0. The van der Waals surface area contributed by atoms with E-state index in [0.717, 1.165) is 5.52 Å². The maximum atomic E-state index is 12.7. The maximum Gasteiger partial charge on any atom is 0.340 e. The number of benzene rings is 2. The number of non-ortho nitro benzene ring substituents is 1. The Kier molecular flexibility index (Phi) is 6.30.